The zero-order valence-corrected chi connectivity index (χ0v) is 19.6. The van der Waals surface area contributed by atoms with Gasteiger partial charge in [0.05, 0.1) is 28.4 Å². The van der Waals surface area contributed by atoms with Crippen LogP contribution in [0.1, 0.15) is 16.7 Å². The fraction of sp³-hybridized carbons (Fsp3) is 0.130. The highest BCUT2D eigenvalue weighted by Gasteiger charge is 2.12. The van der Waals surface area contributed by atoms with E-state index >= 15 is 0 Å². The Morgan fingerprint density at radius 3 is 2.53 bits per heavy atom. The second-order valence-corrected chi connectivity index (χ2v) is 7.93. The zero-order chi connectivity index (χ0) is 23.1. The van der Waals surface area contributed by atoms with Gasteiger partial charge in [-0.3, -0.25) is 0 Å². The highest BCUT2D eigenvalue weighted by Crippen LogP contribution is 2.37. The molecule has 32 heavy (non-hydrogen) atoms. The first-order valence-corrected chi connectivity index (χ1v) is 10.6. The minimum absolute atomic E-state index is 0.223. The van der Waals surface area contributed by atoms with E-state index in [9.17, 15) is 4.79 Å². The molecule has 0 aliphatic carbocycles. The summed E-state index contributed by atoms with van der Waals surface area (Å²) in [5.41, 5.74) is 5.50. The minimum atomic E-state index is -0.463. The van der Waals surface area contributed by atoms with Crippen LogP contribution >= 0.6 is 34.8 Å². The minimum Gasteiger partial charge on any atom is -0.493 e. The average molecular weight is 493 g/mol. The van der Waals surface area contributed by atoms with Gasteiger partial charge in [0.15, 0.2) is 11.5 Å². The van der Waals surface area contributed by atoms with Crippen LogP contribution in [-0.2, 0) is 6.61 Å². The summed E-state index contributed by atoms with van der Waals surface area (Å²) in [5.74, 6) is 0.797. The number of rotatable bonds is 7. The molecule has 0 unspecified atom stereocenters. The maximum atomic E-state index is 12.0. The SMILES string of the molecule is COc1cc(C=NNC(=O)Nc2ccccc2C)cc(Cl)c1OCc1ccc(Cl)c(Cl)c1. The number of aryl methyl sites for hydroxylation is 1. The lowest BCUT2D eigenvalue weighted by Gasteiger charge is -2.13. The van der Waals surface area contributed by atoms with Gasteiger partial charge in [-0.15, -0.1) is 0 Å². The lowest BCUT2D eigenvalue weighted by molar-refractivity contribution is 0.252. The standard InChI is InChI=1S/C23H20Cl3N3O3/c1-14-5-3-4-6-20(14)28-23(30)29-27-12-16-10-19(26)22(21(11-16)31-2)32-13-15-7-8-17(24)18(25)9-15/h3-12H,13H2,1-2H3,(H2,28,29,30). The Kier molecular flexibility index (Phi) is 8.22. The van der Waals surface area contributed by atoms with Crippen molar-refractivity contribution in [2.24, 2.45) is 5.10 Å². The van der Waals surface area contributed by atoms with Crippen molar-refractivity contribution in [2.45, 2.75) is 13.5 Å². The predicted molar refractivity (Wildman–Crippen MR) is 130 cm³/mol. The molecular weight excluding hydrogens is 473 g/mol. The van der Waals surface area contributed by atoms with Gasteiger partial charge in [0.2, 0.25) is 0 Å². The number of ether oxygens (including phenoxy) is 2. The number of benzene rings is 3. The molecule has 0 saturated carbocycles. The molecule has 3 aromatic carbocycles. The molecule has 0 bridgehead atoms. The normalized spacial score (nSPS) is 10.8. The van der Waals surface area contributed by atoms with Gasteiger partial charge in [0.25, 0.3) is 0 Å². The van der Waals surface area contributed by atoms with Crippen molar-refractivity contribution in [1.82, 2.24) is 5.43 Å². The summed E-state index contributed by atoms with van der Waals surface area (Å²) in [6.07, 6.45) is 1.45. The summed E-state index contributed by atoms with van der Waals surface area (Å²) in [4.78, 5) is 12.0. The van der Waals surface area contributed by atoms with E-state index in [1.165, 1.54) is 13.3 Å². The molecule has 0 atom stereocenters. The number of amides is 2. The van der Waals surface area contributed by atoms with E-state index in [2.05, 4.69) is 15.8 Å². The second kappa shape index (κ2) is 11.1. The topological polar surface area (TPSA) is 72.0 Å². The number of hydrazone groups is 1. The summed E-state index contributed by atoms with van der Waals surface area (Å²) >= 11 is 18.4. The number of urea groups is 1. The van der Waals surface area contributed by atoms with Crippen molar-refractivity contribution >= 4 is 52.7 Å². The van der Waals surface area contributed by atoms with Crippen LogP contribution in [0.5, 0.6) is 11.5 Å². The highest BCUT2D eigenvalue weighted by atomic mass is 35.5. The molecule has 0 fully saturated rings. The largest absolute Gasteiger partial charge is 0.493 e. The number of carbonyl (C=O) groups excluding carboxylic acids is 1. The van der Waals surface area contributed by atoms with Crippen LogP contribution in [0.3, 0.4) is 0 Å². The first kappa shape index (κ1) is 23.7. The molecule has 0 aliphatic rings. The van der Waals surface area contributed by atoms with Crippen molar-refractivity contribution < 1.29 is 14.3 Å². The van der Waals surface area contributed by atoms with Gasteiger partial charge in [0, 0.05) is 5.69 Å². The molecule has 3 aromatic rings. The summed E-state index contributed by atoms with van der Waals surface area (Å²) in [6, 6.07) is 15.6. The number of hydrogen-bond donors (Lipinski definition) is 2. The number of para-hydroxylation sites is 1. The van der Waals surface area contributed by atoms with Gasteiger partial charge in [-0.25, -0.2) is 10.2 Å². The predicted octanol–water partition coefficient (Wildman–Crippen LogP) is 6.70. The maximum Gasteiger partial charge on any atom is 0.339 e. The third-order valence-electron chi connectivity index (χ3n) is 4.39. The van der Waals surface area contributed by atoms with Crippen LogP contribution in [0.25, 0.3) is 0 Å². The summed E-state index contributed by atoms with van der Waals surface area (Å²) in [7, 11) is 1.51. The van der Waals surface area contributed by atoms with Crippen LogP contribution in [-0.4, -0.2) is 19.4 Å². The van der Waals surface area contributed by atoms with E-state index in [0.29, 0.717) is 37.8 Å². The molecule has 0 aliphatic heterocycles. The van der Waals surface area contributed by atoms with E-state index < -0.39 is 6.03 Å². The van der Waals surface area contributed by atoms with Gasteiger partial charge in [0.1, 0.15) is 6.61 Å². The lowest BCUT2D eigenvalue weighted by Crippen LogP contribution is -2.24. The Morgan fingerprint density at radius 2 is 1.81 bits per heavy atom. The molecule has 0 saturated heterocycles. The average Bonchev–Trinajstić information content (AvgIpc) is 2.76. The fourth-order valence-electron chi connectivity index (χ4n) is 2.77. The van der Waals surface area contributed by atoms with E-state index in [0.717, 1.165) is 11.1 Å². The van der Waals surface area contributed by atoms with Crippen molar-refractivity contribution in [2.75, 3.05) is 12.4 Å². The Balaban J connectivity index is 1.65. The second-order valence-electron chi connectivity index (χ2n) is 6.71. The first-order chi connectivity index (χ1) is 15.4. The highest BCUT2D eigenvalue weighted by molar-refractivity contribution is 6.42. The van der Waals surface area contributed by atoms with Gasteiger partial charge in [-0.1, -0.05) is 59.1 Å². The Morgan fingerprint density at radius 1 is 1.03 bits per heavy atom. The molecule has 3 rings (SSSR count). The van der Waals surface area contributed by atoms with E-state index in [4.69, 9.17) is 44.3 Å². The fourth-order valence-corrected chi connectivity index (χ4v) is 3.36. The Labute approximate surface area is 201 Å². The van der Waals surface area contributed by atoms with Crippen LogP contribution in [0.4, 0.5) is 10.5 Å². The molecule has 0 heterocycles. The number of halogens is 3. The number of carbonyl (C=O) groups is 1. The summed E-state index contributed by atoms with van der Waals surface area (Å²) in [6.45, 7) is 2.12. The molecule has 0 radical (unpaired) electrons. The van der Waals surface area contributed by atoms with E-state index in [1.54, 1.807) is 30.3 Å². The van der Waals surface area contributed by atoms with Crippen LogP contribution < -0.4 is 20.2 Å². The molecule has 166 valence electrons. The number of methoxy groups -OCH3 is 1. The molecule has 6 nitrogen and oxygen atoms in total. The number of nitrogens with one attached hydrogen (secondary N) is 2. The van der Waals surface area contributed by atoms with Crippen LogP contribution in [0, 0.1) is 6.92 Å². The quantitative estimate of drug-likeness (QED) is 0.285. The third kappa shape index (κ3) is 6.29. The number of hydrogen-bond acceptors (Lipinski definition) is 4. The molecule has 2 N–H and O–H groups in total. The third-order valence-corrected chi connectivity index (χ3v) is 5.41. The van der Waals surface area contributed by atoms with Crippen molar-refractivity contribution in [3.05, 3.63) is 86.4 Å². The van der Waals surface area contributed by atoms with Crippen molar-refractivity contribution in [3.8, 4) is 11.5 Å². The number of nitrogens with zero attached hydrogens (tertiary/aromatic N) is 1. The number of anilines is 1. The van der Waals surface area contributed by atoms with Gasteiger partial charge >= 0.3 is 6.03 Å². The smallest absolute Gasteiger partial charge is 0.339 e. The Hall–Kier alpha value is -2.93. The molecule has 9 heteroatoms. The molecule has 0 spiro atoms. The van der Waals surface area contributed by atoms with Gasteiger partial charge in [-0.2, -0.15) is 5.10 Å². The van der Waals surface area contributed by atoms with E-state index in [-0.39, 0.29) is 6.61 Å². The zero-order valence-electron chi connectivity index (χ0n) is 17.3. The lowest BCUT2D eigenvalue weighted by atomic mass is 10.2. The monoisotopic (exact) mass is 491 g/mol. The van der Waals surface area contributed by atoms with Gasteiger partial charge < -0.3 is 14.8 Å². The van der Waals surface area contributed by atoms with E-state index in [1.807, 2.05) is 31.2 Å². The summed E-state index contributed by atoms with van der Waals surface area (Å²) in [5, 5.41) is 7.92. The Bertz CT molecular complexity index is 1150. The van der Waals surface area contributed by atoms with Crippen molar-refractivity contribution in [1.29, 1.82) is 0 Å². The maximum absolute atomic E-state index is 12.0. The van der Waals surface area contributed by atoms with Crippen LogP contribution in [0.15, 0.2) is 59.7 Å². The van der Waals surface area contributed by atoms with Crippen LogP contribution in [0.2, 0.25) is 15.1 Å². The van der Waals surface area contributed by atoms with Gasteiger partial charge in [-0.05, 0) is 53.9 Å². The van der Waals surface area contributed by atoms with Crippen molar-refractivity contribution in [3.63, 3.8) is 0 Å². The molecule has 0 aromatic heterocycles. The molecular formula is C23H20Cl3N3O3. The first-order valence-electron chi connectivity index (χ1n) is 9.47. The molecule has 2 amide bonds. The summed E-state index contributed by atoms with van der Waals surface area (Å²) < 4.78 is 11.2.